The molecule has 0 unspecified atom stereocenters. The smallest absolute Gasteiger partial charge is 0.332 e. The van der Waals surface area contributed by atoms with Crippen molar-refractivity contribution in [2.24, 2.45) is 0 Å². The molecule has 0 aliphatic carbocycles. The second kappa shape index (κ2) is 9.66. The number of nitrogens with zero attached hydrogens (tertiary/aromatic N) is 3. The van der Waals surface area contributed by atoms with Gasteiger partial charge >= 0.3 is 5.97 Å². The summed E-state index contributed by atoms with van der Waals surface area (Å²) in [6, 6.07) is 7.69. The molecule has 0 saturated carbocycles. The van der Waals surface area contributed by atoms with Crippen LogP contribution < -0.4 is 0 Å². The van der Waals surface area contributed by atoms with Crippen LogP contribution in [0.3, 0.4) is 0 Å². The molecule has 1 aromatic carbocycles. The molecule has 0 fully saturated rings. The second-order valence-corrected chi connectivity index (χ2v) is 7.64. The molecule has 0 aliphatic heterocycles. The van der Waals surface area contributed by atoms with Crippen molar-refractivity contribution in [2.75, 3.05) is 0 Å². The van der Waals surface area contributed by atoms with E-state index in [1.807, 2.05) is 29.6 Å². The lowest BCUT2D eigenvalue weighted by molar-refractivity contribution is -0.132. The Hall–Kier alpha value is -2.44. The summed E-state index contributed by atoms with van der Waals surface area (Å²) < 4.78 is 2.06. The minimum atomic E-state index is -0.950. The number of aromatic nitrogens is 3. The Morgan fingerprint density at radius 1 is 1.32 bits per heavy atom. The lowest BCUT2D eigenvalue weighted by Crippen LogP contribution is -2.09. The van der Waals surface area contributed by atoms with Gasteiger partial charge in [0.25, 0.3) is 0 Å². The van der Waals surface area contributed by atoms with E-state index in [0.29, 0.717) is 11.6 Å². The molecule has 0 radical (unpaired) electrons. The fourth-order valence-corrected chi connectivity index (χ4v) is 3.70. The maximum Gasteiger partial charge on any atom is 0.332 e. The molecule has 3 rings (SSSR count). The molecule has 0 bridgehead atoms. The van der Waals surface area contributed by atoms with E-state index < -0.39 is 5.97 Å². The summed E-state index contributed by atoms with van der Waals surface area (Å²) in [5.74, 6) is -0.0139. The number of hydrogen-bond acceptors (Lipinski definition) is 4. The highest BCUT2D eigenvalue weighted by molar-refractivity contribution is 7.07. The van der Waals surface area contributed by atoms with Crippen molar-refractivity contribution in [2.45, 2.75) is 39.2 Å². The molecule has 2 aromatic heterocycles. The van der Waals surface area contributed by atoms with Crippen LogP contribution in [0, 0.1) is 0 Å². The van der Waals surface area contributed by atoms with Crippen molar-refractivity contribution in [1.82, 2.24) is 14.5 Å². The number of hydrogen-bond donors (Lipinski definition) is 1. The molecule has 146 valence electrons. The molecule has 0 atom stereocenters. The first-order valence-corrected chi connectivity index (χ1v) is 10.5. The number of unbranched alkanes of at least 4 members (excludes halogenated alkanes) is 1. The highest BCUT2D eigenvalue weighted by atomic mass is 35.5. The van der Waals surface area contributed by atoms with Crippen LogP contribution in [0.5, 0.6) is 0 Å². The average molecular weight is 416 g/mol. The number of aryl methyl sites for hydroxylation is 1. The second-order valence-electron chi connectivity index (χ2n) is 6.51. The van der Waals surface area contributed by atoms with Gasteiger partial charge < -0.3 is 9.67 Å². The molecular weight excluding hydrogens is 394 g/mol. The number of carbonyl (C=O) groups is 1. The van der Waals surface area contributed by atoms with Gasteiger partial charge in [0.05, 0.1) is 29.6 Å². The summed E-state index contributed by atoms with van der Waals surface area (Å²) in [4.78, 5) is 20.5. The van der Waals surface area contributed by atoms with Crippen molar-refractivity contribution < 1.29 is 9.90 Å². The topological polar surface area (TPSA) is 68.0 Å². The fourth-order valence-electron chi connectivity index (χ4n) is 2.95. The standard InChI is InChI=1S/C21H22ClN3O2S/c1-2-3-8-20-23-11-18(25(20)12-15-6-4-5-7-19(15)22)10-16(21(26)27)9-17-13-28-14-24-17/h4-7,10-11,13-14H,2-3,8-9,12H2,1H3,(H,26,27). The Morgan fingerprint density at radius 2 is 2.14 bits per heavy atom. The first-order chi connectivity index (χ1) is 13.6. The third-order valence-corrected chi connectivity index (χ3v) is 5.47. The van der Waals surface area contributed by atoms with Crippen LogP contribution in [0.1, 0.15) is 42.5 Å². The van der Waals surface area contributed by atoms with E-state index >= 15 is 0 Å². The van der Waals surface area contributed by atoms with Crippen LogP contribution in [-0.2, 0) is 24.2 Å². The molecule has 0 aliphatic rings. The lowest BCUT2D eigenvalue weighted by Gasteiger charge is -2.12. The van der Waals surface area contributed by atoms with Crippen molar-refractivity contribution in [3.05, 3.63) is 74.7 Å². The number of imidazole rings is 1. The third kappa shape index (κ3) is 5.09. The van der Waals surface area contributed by atoms with Crippen LogP contribution in [0.2, 0.25) is 5.02 Å². The molecule has 28 heavy (non-hydrogen) atoms. The van der Waals surface area contributed by atoms with Gasteiger partial charge in [-0.15, -0.1) is 11.3 Å². The number of rotatable bonds is 9. The van der Waals surface area contributed by atoms with Crippen molar-refractivity contribution in [3.63, 3.8) is 0 Å². The quantitative estimate of drug-likeness (QED) is 0.494. The molecule has 7 heteroatoms. The van der Waals surface area contributed by atoms with E-state index in [-0.39, 0.29) is 12.0 Å². The molecule has 0 spiro atoms. The molecule has 0 amide bonds. The Kier molecular flexibility index (Phi) is 7.01. The van der Waals surface area contributed by atoms with Gasteiger partial charge in [-0.1, -0.05) is 43.1 Å². The van der Waals surface area contributed by atoms with Gasteiger partial charge in [-0.3, -0.25) is 0 Å². The molecule has 5 nitrogen and oxygen atoms in total. The largest absolute Gasteiger partial charge is 0.478 e. The van der Waals surface area contributed by atoms with E-state index in [4.69, 9.17) is 11.6 Å². The highest BCUT2D eigenvalue weighted by Crippen LogP contribution is 2.21. The Bertz CT molecular complexity index is 964. The van der Waals surface area contributed by atoms with Gasteiger partial charge in [-0.05, 0) is 24.1 Å². The maximum atomic E-state index is 11.8. The fraction of sp³-hybridized carbons (Fsp3) is 0.286. The molecule has 3 aromatic rings. The predicted octanol–water partition coefficient (Wildman–Crippen LogP) is 5.09. The lowest BCUT2D eigenvalue weighted by atomic mass is 10.1. The van der Waals surface area contributed by atoms with E-state index in [1.54, 1.807) is 17.8 Å². The number of halogens is 1. The van der Waals surface area contributed by atoms with Gasteiger partial charge in [0.2, 0.25) is 0 Å². The van der Waals surface area contributed by atoms with E-state index in [1.165, 1.54) is 11.3 Å². The van der Waals surface area contributed by atoms with Gasteiger partial charge in [-0.2, -0.15) is 0 Å². The summed E-state index contributed by atoms with van der Waals surface area (Å²) in [5, 5.41) is 12.2. The van der Waals surface area contributed by atoms with Gasteiger partial charge in [0.1, 0.15) is 5.82 Å². The Labute approximate surface area is 173 Å². The van der Waals surface area contributed by atoms with Crippen molar-refractivity contribution in [3.8, 4) is 0 Å². The zero-order valence-corrected chi connectivity index (χ0v) is 17.2. The summed E-state index contributed by atoms with van der Waals surface area (Å²) in [7, 11) is 0. The van der Waals surface area contributed by atoms with Gasteiger partial charge in [0.15, 0.2) is 0 Å². The number of thiazole rings is 1. The van der Waals surface area contributed by atoms with Crippen LogP contribution in [-0.4, -0.2) is 25.6 Å². The van der Waals surface area contributed by atoms with Crippen molar-refractivity contribution in [1.29, 1.82) is 0 Å². The maximum absolute atomic E-state index is 11.8. The van der Waals surface area contributed by atoms with E-state index in [0.717, 1.165) is 42.0 Å². The first-order valence-electron chi connectivity index (χ1n) is 9.17. The number of benzene rings is 1. The highest BCUT2D eigenvalue weighted by Gasteiger charge is 2.15. The molecular formula is C21H22ClN3O2S. The number of carboxylic acid groups (broad SMARTS) is 1. The minimum absolute atomic E-state index is 0.278. The SMILES string of the molecule is CCCCc1ncc(C=C(Cc2cscn2)C(=O)O)n1Cc1ccccc1Cl. The summed E-state index contributed by atoms with van der Waals surface area (Å²) >= 11 is 7.81. The van der Waals surface area contributed by atoms with Gasteiger partial charge in [-0.25, -0.2) is 14.8 Å². The van der Waals surface area contributed by atoms with Crippen LogP contribution in [0.15, 0.2) is 46.9 Å². The monoisotopic (exact) mass is 415 g/mol. The zero-order valence-electron chi connectivity index (χ0n) is 15.6. The Balaban J connectivity index is 1.97. The third-order valence-electron chi connectivity index (χ3n) is 4.46. The summed E-state index contributed by atoms with van der Waals surface area (Å²) in [6.45, 7) is 2.69. The average Bonchev–Trinajstić information content (AvgIpc) is 3.32. The van der Waals surface area contributed by atoms with Gasteiger partial charge in [0, 0.05) is 28.8 Å². The van der Waals surface area contributed by atoms with E-state index in [9.17, 15) is 9.90 Å². The summed E-state index contributed by atoms with van der Waals surface area (Å²) in [5.41, 5.74) is 4.49. The minimum Gasteiger partial charge on any atom is -0.478 e. The Morgan fingerprint density at radius 3 is 2.82 bits per heavy atom. The van der Waals surface area contributed by atoms with Crippen LogP contribution >= 0.6 is 22.9 Å². The molecule has 0 saturated heterocycles. The van der Waals surface area contributed by atoms with Crippen LogP contribution in [0.25, 0.3) is 6.08 Å². The van der Waals surface area contributed by atoms with Crippen LogP contribution in [0.4, 0.5) is 0 Å². The number of carboxylic acids is 1. The first kappa shape index (κ1) is 20.3. The van der Waals surface area contributed by atoms with Crippen molar-refractivity contribution >= 4 is 35.0 Å². The summed E-state index contributed by atoms with van der Waals surface area (Å²) in [6.07, 6.45) is 6.64. The normalized spacial score (nSPS) is 11.7. The number of aliphatic carboxylic acids is 1. The zero-order chi connectivity index (χ0) is 19.9. The molecule has 2 heterocycles. The molecule has 1 N–H and O–H groups in total. The van der Waals surface area contributed by atoms with E-state index in [2.05, 4.69) is 21.5 Å². The predicted molar refractivity (Wildman–Crippen MR) is 113 cm³/mol.